The highest BCUT2D eigenvalue weighted by Crippen LogP contribution is 2.23. The zero-order chi connectivity index (χ0) is 20.3. The number of para-hydroxylation sites is 1. The smallest absolute Gasteiger partial charge is 0.340 e. The van der Waals surface area contributed by atoms with Crippen molar-refractivity contribution in [2.45, 2.75) is 13.8 Å². The number of aryl methyl sites for hydroxylation is 1. The first-order valence-corrected chi connectivity index (χ1v) is 9.35. The third kappa shape index (κ3) is 3.96. The van der Waals surface area contributed by atoms with E-state index < -0.39 is 24.4 Å². The molecule has 7 nitrogen and oxygen atoms in total. The third-order valence-electron chi connectivity index (χ3n) is 4.18. The van der Waals surface area contributed by atoms with Gasteiger partial charge in [0.05, 0.1) is 11.1 Å². The average molecular weight is 397 g/mol. The van der Waals surface area contributed by atoms with Gasteiger partial charge in [0, 0.05) is 17.1 Å². The van der Waals surface area contributed by atoms with Gasteiger partial charge in [-0.1, -0.05) is 18.2 Å². The summed E-state index contributed by atoms with van der Waals surface area (Å²) in [5.41, 5.74) is 8.39. The number of rotatable bonds is 6. The van der Waals surface area contributed by atoms with Crippen molar-refractivity contribution in [2.24, 2.45) is 5.73 Å². The van der Waals surface area contributed by atoms with E-state index in [1.165, 1.54) is 17.4 Å². The molecule has 0 radical (unpaired) electrons. The minimum Gasteiger partial charge on any atom is -0.452 e. The Hall–Kier alpha value is -3.39. The number of amides is 2. The maximum absolute atomic E-state index is 12.5. The van der Waals surface area contributed by atoms with E-state index in [2.05, 4.69) is 5.32 Å². The summed E-state index contributed by atoms with van der Waals surface area (Å²) in [6.45, 7) is 3.25. The van der Waals surface area contributed by atoms with Crippen molar-refractivity contribution in [3.8, 4) is 5.69 Å². The van der Waals surface area contributed by atoms with Crippen molar-refractivity contribution in [2.75, 3.05) is 11.9 Å². The summed E-state index contributed by atoms with van der Waals surface area (Å²) >= 11 is 1.17. The molecule has 0 aliphatic rings. The molecule has 28 heavy (non-hydrogen) atoms. The van der Waals surface area contributed by atoms with Crippen LogP contribution in [0.15, 0.2) is 47.8 Å². The molecule has 2 amide bonds. The van der Waals surface area contributed by atoms with Crippen LogP contribution in [0.5, 0.6) is 0 Å². The average Bonchev–Trinajstić information content (AvgIpc) is 3.24. The second-order valence-corrected chi connectivity index (χ2v) is 7.02. The van der Waals surface area contributed by atoms with E-state index in [1.54, 1.807) is 11.4 Å². The van der Waals surface area contributed by atoms with Crippen molar-refractivity contribution < 1.29 is 19.1 Å². The molecule has 0 spiro atoms. The van der Waals surface area contributed by atoms with Gasteiger partial charge in [-0.25, -0.2) is 4.79 Å². The van der Waals surface area contributed by atoms with Gasteiger partial charge in [0.2, 0.25) is 0 Å². The third-order valence-corrected chi connectivity index (χ3v) is 5.01. The van der Waals surface area contributed by atoms with Crippen molar-refractivity contribution in [1.29, 1.82) is 0 Å². The van der Waals surface area contributed by atoms with Crippen molar-refractivity contribution in [1.82, 2.24) is 4.57 Å². The number of hydrogen-bond donors (Lipinski definition) is 2. The van der Waals surface area contributed by atoms with E-state index in [4.69, 9.17) is 10.5 Å². The maximum atomic E-state index is 12.5. The fraction of sp³-hybridized carbons (Fsp3) is 0.150. The lowest BCUT2D eigenvalue weighted by molar-refractivity contribution is -0.119. The Morgan fingerprint density at radius 1 is 1.11 bits per heavy atom. The fourth-order valence-corrected chi connectivity index (χ4v) is 3.72. The summed E-state index contributed by atoms with van der Waals surface area (Å²) in [7, 11) is 0. The summed E-state index contributed by atoms with van der Waals surface area (Å²) in [6.07, 6.45) is 0. The molecule has 0 fully saturated rings. The molecule has 1 aromatic carbocycles. The monoisotopic (exact) mass is 397 g/mol. The number of thiophene rings is 1. The minimum atomic E-state index is -0.637. The summed E-state index contributed by atoms with van der Waals surface area (Å²) in [6, 6.07) is 12.9. The number of nitrogens with one attached hydrogen (secondary N) is 1. The quantitative estimate of drug-likeness (QED) is 0.624. The first-order valence-electron chi connectivity index (χ1n) is 8.47. The molecular weight excluding hydrogens is 378 g/mol. The van der Waals surface area contributed by atoms with Crippen LogP contribution < -0.4 is 11.1 Å². The molecule has 0 bridgehead atoms. The normalized spacial score (nSPS) is 10.5. The lowest BCUT2D eigenvalue weighted by Crippen LogP contribution is -2.22. The number of ether oxygens (including phenoxy) is 1. The summed E-state index contributed by atoms with van der Waals surface area (Å²) in [5.74, 6) is -1.77. The van der Waals surface area contributed by atoms with E-state index in [-0.39, 0.29) is 5.56 Å². The zero-order valence-electron chi connectivity index (χ0n) is 15.4. The first kappa shape index (κ1) is 19.4. The largest absolute Gasteiger partial charge is 0.452 e. The van der Waals surface area contributed by atoms with Gasteiger partial charge >= 0.3 is 5.97 Å². The number of hydrogen-bond acceptors (Lipinski definition) is 5. The molecular formula is C20H19N3O4S. The number of nitrogens with zero attached hydrogens (tertiary/aromatic N) is 1. The Kier molecular flexibility index (Phi) is 5.60. The van der Waals surface area contributed by atoms with Crippen LogP contribution in [0, 0.1) is 13.8 Å². The van der Waals surface area contributed by atoms with Crippen LogP contribution in [0.2, 0.25) is 0 Å². The summed E-state index contributed by atoms with van der Waals surface area (Å²) < 4.78 is 7.09. The highest BCUT2D eigenvalue weighted by Gasteiger charge is 2.19. The maximum Gasteiger partial charge on any atom is 0.340 e. The molecule has 0 atom stereocenters. The van der Waals surface area contributed by atoms with Crippen LogP contribution in [0.3, 0.4) is 0 Å². The molecule has 0 saturated heterocycles. The highest BCUT2D eigenvalue weighted by molar-refractivity contribution is 7.14. The van der Waals surface area contributed by atoms with Crippen LogP contribution in [-0.2, 0) is 9.53 Å². The van der Waals surface area contributed by atoms with Crippen LogP contribution in [-0.4, -0.2) is 29.0 Å². The number of esters is 1. The molecule has 0 aliphatic heterocycles. The Bertz CT molecular complexity index is 1040. The molecule has 144 valence electrons. The molecule has 3 rings (SSSR count). The molecule has 8 heteroatoms. The highest BCUT2D eigenvalue weighted by atomic mass is 32.1. The summed E-state index contributed by atoms with van der Waals surface area (Å²) in [5, 5.41) is 4.50. The van der Waals surface area contributed by atoms with Crippen molar-refractivity contribution in [3.63, 3.8) is 0 Å². The van der Waals surface area contributed by atoms with Gasteiger partial charge in [0.25, 0.3) is 11.8 Å². The van der Waals surface area contributed by atoms with Crippen LogP contribution in [0.1, 0.15) is 32.1 Å². The molecule has 2 aromatic heterocycles. The number of nitrogens with two attached hydrogens (primary N) is 1. The number of aromatic nitrogens is 1. The predicted octanol–water partition coefficient (Wildman–Crippen LogP) is 3.05. The number of anilines is 1. The molecule has 0 saturated carbocycles. The first-order chi connectivity index (χ1) is 13.4. The van der Waals surface area contributed by atoms with Gasteiger partial charge in [-0.3, -0.25) is 9.59 Å². The van der Waals surface area contributed by atoms with Gasteiger partial charge < -0.3 is 20.4 Å². The van der Waals surface area contributed by atoms with E-state index in [9.17, 15) is 14.4 Å². The Morgan fingerprint density at radius 2 is 1.82 bits per heavy atom. The van der Waals surface area contributed by atoms with Crippen molar-refractivity contribution in [3.05, 3.63) is 70.4 Å². The van der Waals surface area contributed by atoms with E-state index in [1.807, 2.05) is 48.7 Å². The van der Waals surface area contributed by atoms with E-state index in [0.717, 1.165) is 17.1 Å². The fourth-order valence-electron chi connectivity index (χ4n) is 2.92. The van der Waals surface area contributed by atoms with Gasteiger partial charge in [0.15, 0.2) is 6.61 Å². The number of primary amides is 1. The molecule has 3 aromatic rings. The second kappa shape index (κ2) is 8.10. The van der Waals surface area contributed by atoms with Gasteiger partial charge in [-0.05, 0) is 43.5 Å². The van der Waals surface area contributed by atoms with Crippen LogP contribution in [0.25, 0.3) is 5.69 Å². The van der Waals surface area contributed by atoms with Gasteiger partial charge in [0.1, 0.15) is 5.00 Å². The summed E-state index contributed by atoms with van der Waals surface area (Å²) in [4.78, 5) is 35.8. The molecule has 0 unspecified atom stereocenters. The number of benzene rings is 1. The number of carbonyl (C=O) groups excluding carboxylic acids is 3. The van der Waals surface area contributed by atoms with E-state index >= 15 is 0 Å². The Labute approximate surface area is 165 Å². The zero-order valence-corrected chi connectivity index (χ0v) is 16.2. The predicted molar refractivity (Wildman–Crippen MR) is 107 cm³/mol. The van der Waals surface area contributed by atoms with Crippen LogP contribution in [0.4, 0.5) is 5.00 Å². The standard InChI is InChI=1S/C20H19N3O4S/c1-12-10-16(13(2)23(12)14-6-4-3-5-7-14)20(26)27-11-17(24)22-19-15(18(21)25)8-9-28-19/h3-10H,11H2,1-2H3,(H2,21,25)(H,22,24). The van der Waals surface area contributed by atoms with Gasteiger partial charge in [-0.15, -0.1) is 11.3 Å². The number of carbonyl (C=O) groups is 3. The Morgan fingerprint density at radius 3 is 2.50 bits per heavy atom. The molecule has 0 aliphatic carbocycles. The lowest BCUT2D eigenvalue weighted by Gasteiger charge is -2.10. The van der Waals surface area contributed by atoms with Crippen LogP contribution >= 0.6 is 11.3 Å². The topological polar surface area (TPSA) is 103 Å². The van der Waals surface area contributed by atoms with E-state index in [0.29, 0.717) is 10.6 Å². The SMILES string of the molecule is Cc1cc(C(=O)OCC(=O)Nc2sccc2C(N)=O)c(C)n1-c1ccccc1. The minimum absolute atomic E-state index is 0.219. The lowest BCUT2D eigenvalue weighted by atomic mass is 10.2. The van der Waals surface area contributed by atoms with Gasteiger partial charge in [-0.2, -0.15) is 0 Å². The molecule has 2 heterocycles. The second-order valence-electron chi connectivity index (χ2n) is 6.11. The Balaban J connectivity index is 1.68. The molecule has 3 N–H and O–H groups in total. The van der Waals surface area contributed by atoms with Crippen molar-refractivity contribution >= 4 is 34.1 Å².